The number of nitrogens with zero attached hydrogens (tertiary/aromatic N) is 1. The highest BCUT2D eigenvalue weighted by Gasteiger charge is 2.06. The molecule has 1 heterocycles. The molecule has 6 nitrogen and oxygen atoms in total. The van der Waals surface area contributed by atoms with Crippen LogP contribution in [0.4, 0.5) is 5.69 Å². The van der Waals surface area contributed by atoms with Gasteiger partial charge in [-0.15, -0.1) is 0 Å². The zero-order valence-corrected chi connectivity index (χ0v) is 14.0. The number of rotatable bonds is 8. The van der Waals surface area contributed by atoms with Crippen molar-refractivity contribution in [2.24, 2.45) is 0 Å². The number of carboxylic acid groups (broad SMARTS) is 1. The van der Waals surface area contributed by atoms with Crippen LogP contribution in [0.25, 0.3) is 0 Å². The third kappa shape index (κ3) is 5.92. The molecule has 7 heteroatoms. The van der Waals surface area contributed by atoms with Gasteiger partial charge in [-0.3, -0.25) is 9.59 Å². The van der Waals surface area contributed by atoms with Crippen LogP contribution in [0, 0.1) is 0 Å². The third-order valence-electron chi connectivity index (χ3n) is 3.07. The molecule has 24 heavy (non-hydrogen) atoms. The lowest BCUT2D eigenvalue weighted by molar-refractivity contribution is -0.133. The summed E-state index contributed by atoms with van der Waals surface area (Å²) in [5.41, 5.74) is 1.74. The largest absolute Gasteiger partial charge is 0.484 e. The molecule has 0 aliphatic rings. The number of carboxylic acids is 1. The van der Waals surface area contributed by atoms with E-state index in [9.17, 15) is 9.59 Å². The van der Waals surface area contributed by atoms with Gasteiger partial charge >= 0.3 is 5.97 Å². The Morgan fingerprint density at radius 1 is 1.21 bits per heavy atom. The standard InChI is InChI=1S/C17H18N2O4S/c1-2-12-3-6-14(7-4-12)23-10-15(20)19-13-5-8-16(18-9-13)24-11-17(21)22/h3-9H,2,10-11H2,1H3,(H,19,20)(H,21,22). The van der Waals surface area contributed by atoms with Gasteiger partial charge in [-0.1, -0.05) is 30.8 Å². The molecule has 2 rings (SSSR count). The van der Waals surface area contributed by atoms with Gasteiger partial charge in [-0.2, -0.15) is 0 Å². The summed E-state index contributed by atoms with van der Waals surface area (Å²) >= 11 is 1.12. The second kappa shape index (κ2) is 8.93. The Balaban J connectivity index is 1.79. The lowest BCUT2D eigenvalue weighted by Gasteiger charge is -2.08. The summed E-state index contributed by atoms with van der Waals surface area (Å²) < 4.78 is 5.43. The van der Waals surface area contributed by atoms with E-state index in [0.29, 0.717) is 16.5 Å². The predicted molar refractivity (Wildman–Crippen MR) is 92.5 cm³/mol. The van der Waals surface area contributed by atoms with Gasteiger partial charge in [0.15, 0.2) is 6.61 Å². The van der Waals surface area contributed by atoms with Gasteiger partial charge < -0.3 is 15.2 Å². The molecule has 0 saturated heterocycles. The topological polar surface area (TPSA) is 88.5 Å². The summed E-state index contributed by atoms with van der Waals surface area (Å²) in [5.74, 6) is -0.602. The molecule has 0 spiro atoms. The van der Waals surface area contributed by atoms with Crippen molar-refractivity contribution >= 4 is 29.3 Å². The van der Waals surface area contributed by atoms with E-state index in [1.165, 1.54) is 11.8 Å². The lowest BCUT2D eigenvalue weighted by atomic mass is 10.2. The predicted octanol–water partition coefficient (Wildman–Crippen LogP) is 2.84. The second-order valence-corrected chi connectivity index (χ2v) is 5.90. The summed E-state index contributed by atoms with van der Waals surface area (Å²) in [4.78, 5) is 26.4. The minimum Gasteiger partial charge on any atom is -0.484 e. The average Bonchev–Trinajstić information content (AvgIpc) is 2.60. The molecule has 126 valence electrons. The fraction of sp³-hybridized carbons (Fsp3) is 0.235. The summed E-state index contributed by atoms with van der Waals surface area (Å²) in [6.45, 7) is 1.98. The van der Waals surface area contributed by atoms with Gasteiger partial charge in [-0.25, -0.2) is 4.98 Å². The van der Waals surface area contributed by atoms with E-state index in [0.717, 1.165) is 18.2 Å². The van der Waals surface area contributed by atoms with Gasteiger partial charge in [0.1, 0.15) is 5.75 Å². The van der Waals surface area contributed by atoms with Crippen LogP contribution in [0.3, 0.4) is 0 Å². The number of thioether (sulfide) groups is 1. The summed E-state index contributed by atoms with van der Waals surface area (Å²) in [5, 5.41) is 11.9. The van der Waals surface area contributed by atoms with Crippen molar-refractivity contribution in [3.05, 3.63) is 48.2 Å². The van der Waals surface area contributed by atoms with Crippen LogP contribution in [0.2, 0.25) is 0 Å². The minimum absolute atomic E-state index is 0.0522. The molecule has 0 radical (unpaired) electrons. The van der Waals surface area contributed by atoms with Gasteiger partial charge in [-0.05, 0) is 36.2 Å². The molecular formula is C17H18N2O4S. The third-order valence-corrected chi connectivity index (χ3v) is 3.99. The van der Waals surface area contributed by atoms with Gasteiger partial charge in [0.25, 0.3) is 5.91 Å². The van der Waals surface area contributed by atoms with Crippen molar-refractivity contribution in [1.29, 1.82) is 0 Å². The lowest BCUT2D eigenvalue weighted by Crippen LogP contribution is -2.20. The van der Waals surface area contributed by atoms with Crippen molar-refractivity contribution in [1.82, 2.24) is 4.98 Å². The molecule has 0 saturated carbocycles. The molecular weight excluding hydrogens is 328 g/mol. The summed E-state index contributed by atoms with van der Waals surface area (Å²) in [7, 11) is 0. The van der Waals surface area contributed by atoms with Gasteiger partial charge in [0, 0.05) is 0 Å². The molecule has 0 fully saturated rings. The van der Waals surface area contributed by atoms with E-state index >= 15 is 0 Å². The molecule has 1 aromatic heterocycles. The molecule has 0 atom stereocenters. The number of nitrogens with one attached hydrogen (secondary N) is 1. The molecule has 2 N–H and O–H groups in total. The van der Waals surface area contributed by atoms with Crippen molar-refractivity contribution in [3.63, 3.8) is 0 Å². The zero-order valence-electron chi connectivity index (χ0n) is 13.2. The first-order valence-corrected chi connectivity index (χ1v) is 8.37. The molecule has 0 aliphatic carbocycles. The van der Waals surface area contributed by atoms with Crippen LogP contribution in [-0.2, 0) is 16.0 Å². The molecule has 0 unspecified atom stereocenters. The van der Waals surface area contributed by atoms with Crippen LogP contribution < -0.4 is 10.1 Å². The molecule has 0 aliphatic heterocycles. The fourth-order valence-corrected chi connectivity index (χ4v) is 2.41. The van der Waals surface area contributed by atoms with Gasteiger partial charge in [0.05, 0.1) is 22.7 Å². The van der Waals surface area contributed by atoms with E-state index in [1.54, 1.807) is 12.1 Å². The van der Waals surface area contributed by atoms with Crippen molar-refractivity contribution < 1.29 is 19.4 Å². The minimum atomic E-state index is -0.900. The Hall–Kier alpha value is -2.54. The number of benzene rings is 1. The Bertz CT molecular complexity index is 687. The van der Waals surface area contributed by atoms with E-state index in [1.807, 2.05) is 24.3 Å². The van der Waals surface area contributed by atoms with Crippen molar-refractivity contribution in [2.45, 2.75) is 18.4 Å². The molecule has 1 aromatic carbocycles. The smallest absolute Gasteiger partial charge is 0.313 e. The Morgan fingerprint density at radius 3 is 2.54 bits per heavy atom. The molecule has 0 bridgehead atoms. The highest BCUT2D eigenvalue weighted by molar-refractivity contribution is 7.99. The first-order valence-electron chi connectivity index (χ1n) is 7.39. The number of carbonyl (C=O) groups is 2. The number of amides is 1. The van der Waals surface area contributed by atoms with E-state index in [-0.39, 0.29) is 18.3 Å². The van der Waals surface area contributed by atoms with Crippen molar-refractivity contribution in [3.8, 4) is 5.75 Å². The SMILES string of the molecule is CCc1ccc(OCC(=O)Nc2ccc(SCC(=O)O)nc2)cc1. The highest BCUT2D eigenvalue weighted by atomic mass is 32.2. The van der Waals surface area contributed by atoms with E-state index < -0.39 is 5.97 Å². The number of ether oxygens (including phenoxy) is 1. The van der Waals surface area contributed by atoms with Crippen LogP contribution in [0.5, 0.6) is 5.75 Å². The number of hydrogen-bond donors (Lipinski definition) is 2. The highest BCUT2D eigenvalue weighted by Crippen LogP contribution is 2.17. The maximum atomic E-state index is 11.9. The number of aliphatic carboxylic acids is 1. The maximum Gasteiger partial charge on any atom is 0.313 e. The number of hydrogen-bond acceptors (Lipinski definition) is 5. The number of pyridine rings is 1. The first-order chi connectivity index (χ1) is 11.6. The number of aromatic nitrogens is 1. The number of aryl methyl sites for hydroxylation is 1. The van der Waals surface area contributed by atoms with Crippen molar-refractivity contribution in [2.75, 3.05) is 17.7 Å². The quantitative estimate of drug-likeness (QED) is 0.715. The average molecular weight is 346 g/mol. The fourth-order valence-electron chi connectivity index (χ4n) is 1.84. The number of anilines is 1. The Kier molecular flexibility index (Phi) is 6.62. The molecule has 1 amide bonds. The second-order valence-electron chi connectivity index (χ2n) is 4.90. The van der Waals surface area contributed by atoms with Crippen LogP contribution in [0.15, 0.2) is 47.6 Å². The normalized spacial score (nSPS) is 10.2. The summed E-state index contributed by atoms with van der Waals surface area (Å²) in [6, 6.07) is 10.9. The Labute approximate surface area is 144 Å². The first kappa shape index (κ1) is 17.8. The van der Waals surface area contributed by atoms with Crippen LogP contribution in [-0.4, -0.2) is 34.3 Å². The monoisotopic (exact) mass is 346 g/mol. The van der Waals surface area contributed by atoms with Crippen LogP contribution >= 0.6 is 11.8 Å². The zero-order chi connectivity index (χ0) is 17.4. The molecule has 2 aromatic rings. The maximum absolute atomic E-state index is 11.9. The Morgan fingerprint density at radius 2 is 1.96 bits per heavy atom. The number of carbonyl (C=O) groups excluding carboxylic acids is 1. The van der Waals surface area contributed by atoms with E-state index in [4.69, 9.17) is 9.84 Å². The van der Waals surface area contributed by atoms with Gasteiger partial charge in [0.2, 0.25) is 0 Å². The summed E-state index contributed by atoms with van der Waals surface area (Å²) in [6.07, 6.45) is 2.44. The van der Waals surface area contributed by atoms with E-state index in [2.05, 4.69) is 17.2 Å². The van der Waals surface area contributed by atoms with Crippen LogP contribution in [0.1, 0.15) is 12.5 Å².